The molecule has 0 radical (unpaired) electrons. The Morgan fingerprint density at radius 3 is 2.37 bits per heavy atom. The lowest BCUT2D eigenvalue weighted by Gasteiger charge is -2.28. The van der Waals surface area contributed by atoms with E-state index in [0.29, 0.717) is 37.8 Å². The second-order valence-corrected chi connectivity index (χ2v) is 7.90. The van der Waals surface area contributed by atoms with Crippen LogP contribution in [0.3, 0.4) is 0 Å². The summed E-state index contributed by atoms with van der Waals surface area (Å²) >= 11 is 23.1. The molecule has 2 aromatic carbocycles. The number of halogens is 3. The number of thiocarbonyl (C=S) groups is 1. The Kier molecular flexibility index (Phi) is 5.66. The van der Waals surface area contributed by atoms with Crippen molar-refractivity contribution in [3.05, 3.63) is 81.0 Å². The van der Waals surface area contributed by atoms with Gasteiger partial charge in [-0.3, -0.25) is 19.8 Å². The number of furan rings is 1. The van der Waals surface area contributed by atoms with E-state index in [0.717, 1.165) is 0 Å². The Balaban J connectivity index is 1.67. The lowest BCUT2D eigenvalue weighted by molar-refractivity contribution is -0.122. The number of hydrogen-bond acceptors (Lipinski definition) is 4. The second-order valence-electron chi connectivity index (χ2n) is 6.27. The van der Waals surface area contributed by atoms with Crippen LogP contribution in [0.2, 0.25) is 15.1 Å². The number of amides is 2. The van der Waals surface area contributed by atoms with E-state index >= 15 is 0 Å². The third kappa shape index (κ3) is 4.00. The van der Waals surface area contributed by atoms with Crippen LogP contribution in [0, 0.1) is 0 Å². The Bertz CT molecular complexity index is 1220. The minimum Gasteiger partial charge on any atom is -0.457 e. The third-order valence-corrected chi connectivity index (χ3v) is 5.58. The van der Waals surface area contributed by atoms with Gasteiger partial charge in [0.05, 0.1) is 15.7 Å². The molecule has 2 heterocycles. The van der Waals surface area contributed by atoms with Crippen LogP contribution >= 0.6 is 47.0 Å². The molecule has 1 aliphatic rings. The average Bonchev–Trinajstić information content (AvgIpc) is 3.17. The van der Waals surface area contributed by atoms with E-state index in [2.05, 4.69) is 5.32 Å². The topological polar surface area (TPSA) is 62.6 Å². The SMILES string of the molecule is O=C1NC(=S)N(c2ccc(Cl)cc2)C(=O)/C1=C\c1ccc(-c2ccc(Cl)c(Cl)c2)o1. The van der Waals surface area contributed by atoms with Gasteiger partial charge in [0.15, 0.2) is 5.11 Å². The van der Waals surface area contributed by atoms with Crippen molar-refractivity contribution in [3.8, 4) is 11.3 Å². The molecule has 0 unspecified atom stereocenters. The number of carbonyl (C=O) groups excluding carboxylic acids is 2. The molecular formula is C21H11Cl3N2O3S. The quantitative estimate of drug-likeness (QED) is 0.297. The summed E-state index contributed by atoms with van der Waals surface area (Å²) in [7, 11) is 0. The molecule has 1 fully saturated rings. The van der Waals surface area contributed by atoms with Crippen molar-refractivity contribution >= 4 is 75.7 Å². The van der Waals surface area contributed by atoms with Gasteiger partial charge in [0.1, 0.15) is 17.1 Å². The summed E-state index contributed by atoms with van der Waals surface area (Å²) in [6.45, 7) is 0. The molecular weight excluding hydrogens is 467 g/mol. The first kappa shape index (κ1) is 20.6. The monoisotopic (exact) mass is 476 g/mol. The number of benzene rings is 2. The number of nitrogens with zero attached hydrogens (tertiary/aromatic N) is 1. The minimum atomic E-state index is -0.609. The Morgan fingerprint density at radius 1 is 0.933 bits per heavy atom. The molecule has 0 aliphatic carbocycles. The Labute approximate surface area is 191 Å². The van der Waals surface area contributed by atoms with Crippen molar-refractivity contribution in [2.45, 2.75) is 0 Å². The van der Waals surface area contributed by atoms with Gasteiger partial charge >= 0.3 is 0 Å². The smallest absolute Gasteiger partial charge is 0.270 e. The van der Waals surface area contributed by atoms with Gasteiger partial charge < -0.3 is 4.42 Å². The van der Waals surface area contributed by atoms with Crippen molar-refractivity contribution in [2.24, 2.45) is 0 Å². The second kappa shape index (κ2) is 8.24. The molecule has 30 heavy (non-hydrogen) atoms. The Morgan fingerprint density at radius 2 is 1.67 bits per heavy atom. The summed E-state index contributed by atoms with van der Waals surface area (Å²) in [6.07, 6.45) is 1.36. The zero-order chi connectivity index (χ0) is 21.4. The lowest BCUT2D eigenvalue weighted by atomic mass is 10.1. The molecule has 9 heteroatoms. The van der Waals surface area contributed by atoms with E-state index in [1.54, 1.807) is 54.6 Å². The summed E-state index contributed by atoms with van der Waals surface area (Å²) in [4.78, 5) is 26.6. The van der Waals surface area contributed by atoms with Crippen molar-refractivity contribution < 1.29 is 14.0 Å². The highest BCUT2D eigenvalue weighted by atomic mass is 35.5. The molecule has 0 spiro atoms. The summed E-state index contributed by atoms with van der Waals surface area (Å²) in [5.74, 6) is -0.353. The third-order valence-electron chi connectivity index (χ3n) is 4.30. The first-order chi connectivity index (χ1) is 14.3. The molecule has 3 aromatic rings. The Hall–Kier alpha value is -2.64. The van der Waals surface area contributed by atoms with Crippen molar-refractivity contribution in [1.29, 1.82) is 0 Å². The molecule has 150 valence electrons. The molecule has 0 saturated carbocycles. The van der Waals surface area contributed by atoms with Gasteiger partial charge in [0.25, 0.3) is 11.8 Å². The van der Waals surface area contributed by atoms with Crippen LogP contribution in [0.4, 0.5) is 5.69 Å². The largest absolute Gasteiger partial charge is 0.457 e. The molecule has 0 atom stereocenters. The van der Waals surface area contributed by atoms with Gasteiger partial charge in [-0.05, 0) is 72.9 Å². The fourth-order valence-electron chi connectivity index (χ4n) is 2.86. The molecule has 1 saturated heterocycles. The van der Waals surface area contributed by atoms with Crippen LogP contribution in [0.25, 0.3) is 17.4 Å². The summed E-state index contributed by atoms with van der Waals surface area (Å²) < 4.78 is 5.77. The van der Waals surface area contributed by atoms with E-state index in [1.807, 2.05) is 0 Å². The first-order valence-corrected chi connectivity index (χ1v) is 10.1. The van der Waals surface area contributed by atoms with E-state index in [-0.39, 0.29) is 10.7 Å². The molecule has 2 amide bonds. The zero-order valence-corrected chi connectivity index (χ0v) is 18.1. The fraction of sp³-hybridized carbons (Fsp3) is 0. The molecule has 1 N–H and O–H groups in total. The first-order valence-electron chi connectivity index (χ1n) is 8.56. The number of hydrogen-bond donors (Lipinski definition) is 1. The van der Waals surface area contributed by atoms with Crippen LogP contribution in [0.1, 0.15) is 5.76 Å². The highest BCUT2D eigenvalue weighted by Gasteiger charge is 2.34. The maximum absolute atomic E-state index is 13.0. The summed E-state index contributed by atoms with van der Waals surface area (Å²) in [5, 5.41) is 3.83. The van der Waals surface area contributed by atoms with Gasteiger partial charge in [0, 0.05) is 10.6 Å². The molecule has 4 rings (SSSR count). The van der Waals surface area contributed by atoms with Crippen LogP contribution in [-0.2, 0) is 9.59 Å². The van der Waals surface area contributed by atoms with Crippen LogP contribution in [0.5, 0.6) is 0 Å². The minimum absolute atomic E-state index is 0.0135. The normalized spacial score (nSPS) is 15.6. The van der Waals surface area contributed by atoms with Crippen LogP contribution < -0.4 is 10.2 Å². The van der Waals surface area contributed by atoms with E-state index in [1.165, 1.54) is 11.0 Å². The highest BCUT2D eigenvalue weighted by molar-refractivity contribution is 7.80. The number of carbonyl (C=O) groups is 2. The van der Waals surface area contributed by atoms with Crippen LogP contribution in [-0.4, -0.2) is 16.9 Å². The van der Waals surface area contributed by atoms with E-state index in [9.17, 15) is 9.59 Å². The van der Waals surface area contributed by atoms with Gasteiger partial charge in [-0.15, -0.1) is 0 Å². The van der Waals surface area contributed by atoms with Gasteiger partial charge in [-0.25, -0.2) is 0 Å². The maximum Gasteiger partial charge on any atom is 0.270 e. The van der Waals surface area contributed by atoms with Crippen molar-refractivity contribution in [2.75, 3.05) is 4.90 Å². The van der Waals surface area contributed by atoms with E-state index < -0.39 is 11.8 Å². The van der Waals surface area contributed by atoms with E-state index in [4.69, 9.17) is 51.4 Å². The molecule has 0 bridgehead atoms. The summed E-state index contributed by atoms with van der Waals surface area (Å²) in [6, 6.07) is 15.0. The molecule has 1 aliphatic heterocycles. The predicted molar refractivity (Wildman–Crippen MR) is 122 cm³/mol. The average molecular weight is 478 g/mol. The molecule has 1 aromatic heterocycles. The number of rotatable bonds is 3. The van der Waals surface area contributed by atoms with Gasteiger partial charge in [-0.1, -0.05) is 34.8 Å². The lowest BCUT2D eigenvalue weighted by Crippen LogP contribution is -2.54. The number of anilines is 1. The van der Waals surface area contributed by atoms with Gasteiger partial charge in [-0.2, -0.15) is 0 Å². The van der Waals surface area contributed by atoms with Crippen LogP contribution in [0.15, 0.2) is 64.6 Å². The number of nitrogens with one attached hydrogen (secondary N) is 1. The van der Waals surface area contributed by atoms with Crippen molar-refractivity contribution in [1.82, 2.24) is 5.32 Å². The fourth-order valence-corrected chi connectivity index (χ4v) is 3.56. The maximum atomic E-state index is 13.0. The highest BCUT2D eigenvalue weighted by Crippen LogP contribution is 2.30. The standard InChI is InChI=1S/C21H11Cl3N2O3S/c22-12-2-4-13(5-3-12)26-20(28)15(19(27)25-21(26)30)10-14-6-8-18(29-14)11-1-7-16(23)17(24)9-11/h1-10H,(H,25,27,30)/b15-10-. The summed E-state index contributed by atoms with van der Waals surface area (Å²) in [5.41, 5.74) is 1.07. The zero-order valence-electron chi connectivity index (χ0n) is 15.0. The van der Waals surface area contributed by atoms with Crippen molar-refractivity contribution in [3.63, 3.8) is 0 Å². The molecule has 5 nitrogen and oxygen atoms in total. The van der Waals surface area contributed by atoms with Gasteiger partial charge in [0.2, 0.25) is 0 Å². The predicted octanol–water partition coefficient (Wildman–Crippen LogP) is 5.74.